The summed E-state index contributed by atoms with van der Waals surface area (Å²) in [6.45, 7) is 0.549. The molecule has 3 aromatic rings. The molecule has 8 heteroatoms. The van der Waals surface area contributed by atoms with E-state index in [9.17, 15) is 9.59 Å². The van der Waals surface area contributed by atoms with Crippen LogP contribution in [0.15, 0.2) is 54.9 Å². The minimum atomic E-state index is -1.20. The summed E-state index contributed by atoms with van der Waals surface area (Å²) < 4.78 is 12.2. The lowest BCUT2D eigenvalue weighted by Crippen LogP contribution is -2.09. The first-order valence-electron chi connectivity index (χ1n) is 7.80. The lowest BCUT2D eigenvalue weighted by molar-refractivity contribution is -0.140. The number of aliphatic carboxylic acids is 1. The highest BCUT2D eigenvalue weighted by Gasteiger charge is 2.08. The van der Waals surface area contributed by atoms with Crippen molar-refractivity contribution in [3.63, 3.8) is 0 Å². The minimum Gasteiger partial charge on any atom is -0.478 e. The molecule has 0 fully saturated rings. The summed E-state index contributed by atoms with van der Waals surface area (Å²) in [7, 11) is 0. The zero-order valence-electron chi connectivity index (χ0n) is 13.7. The summed E-state index contributed by atoms with van der Waals surface area (Å²) in [6, 6.07) is 10.1. The number of fused-ring (bicyclic) bond motifs is 1. The number of carbonyl (C=O) groups is 2. The fourth-order valence-corrected chi connectivity index (χ4v) is 3.21. The van der Waals surface area contributed by atoms with Gasteiger partial charge in [-0.2, -0.15) is 0 Å². The van der Waals surface area contributed by atoms with Gasteiger partial charge in [0.1, 0.15) is 6.61 Å². The Balaban J connectivity index is 1.46. The Morgan fingerprint density at radius 1 is 1.15 bits per heavy atom. The second-order valence-corrected chi connectivity index (χ2v) is 6.28. The Morgan fingerprint density at radius 3 is 2.69 bits per heavy atom. The molecule has 1 aromatic carbocycles. The van der Waals surface area contributed by atoms with Crippen LogP contribution in [0.4, 0.5) is 0 Å². The van der Waals surface area contributed by atoms with Gasteiger partial charge in [-0.1, -0.05) is 41.7 Å². The molecular weight excluding hydrogens is 356 g/mol. The molecule has 2 heterocycles. The third-order valence-electron chi connectivity index (χ3n) is 3.35. The fourth-order valence-electron chi connectivity index (χ4n) is 2.22. The predicted octanol–water partition coefficient (Wildman–Crippen LogP) is 2.76. The van der Waals surface area contributed by atoms with Gasteiger partial charge in [-0.15, -0.1) is 0 Å². The molecule has 0 spiro atoms. The first-order chi connectivity index (χ1) is 12.6. The van der Waals surface area contributed by atoms with E-state index in [1.807, 2.05) is 35.0 Å². The van der Waals surface area contributed by atoms with Crippen molar-refractivity contribution in [3.05, 3.63) is 60.6 Å². The lowest BCUT2D eigenvalue weighted by atomic mass is 10.2. The van der Waals surface area contributed by atoms with Crippen LogP contribution in [-0.2, 0) is 25.7 Å². The van der Waals surface area contributed by atoms with Crippen LogP contribution < -0.4 is 0 Å². The van der Waals surface area contributed by atoms with Gasteiger partial charge in [-0.05, 0) is 5.56 Å². The van der Waals surface area contributed by atoms with Crippen LogP contribution >= 0.6 is 11.3 Å². The second-order valence-electron chi connectivity index (χ2n) is 5.28. The SMILES string of the molecule is O=C(O)/C=C\C(=O)OCCOCc1cn2cc(-c3ccccc3)sc2n1. The number of benzene rings is 1. The zero-order chi connectivity index (χ0) is 18.4. The van der Waals surface area contributed by atoms with Gasteiger partial charge in [0.2, 0.25) is 0 Å². The second kappa shape index (κ2) is 8.41. The molecule has 0 unspecified atom stereocenters. The molecule has 2 aromatic heterocycles. The molecule has 0 saturated heterocycles. The van der Waals surface area contributed by atoms with E-state index < -0.39 is 11.9 Å². The lowest BCUT2D eigenvalue weighted by Gasteiger charge is -2.02. The quantitative estimate of drug-likeness (QED) is 0.371. The average Bonchev–Trinajstić information content (AvgIpc) is 3.19. The molecule has 0 aliphatic heterocycles. The van der Waals surface area contributed by atoms with Crippen molar-refractivity contribution in [2.45, 2.75) is 6.61 Å². The van der Waals surface area contributed by atoms with Crippen molar-refractivity contribution in [2.75, 3.05) is 13.2 Å². The van der Waals surface area contributed by atoms with Crippen LogP contribution in [0.25, 0.3) is 15.4 Å². The normalized spacial score (nSPS) is 11.2. The van der Waals surface area contributed by atoms with Crippen molar-refractivity contribution in [1.29, 1.82) is 0 Å². The molecule has 3 rings (SSSR count). The number of carboxylic acids is 1. The smallest absolute Gasteiger partial charge is 0.331 e. The molecule has 0 bridgehead atoms. The summed E-state index contributed by atoms with van der Waals surface area (Å²) >= 11 is 1.60. The summed E-state index contributed by atoms with van der Waals surface area (Å²) in [5.41, 5.74) is 1.94. The van der Waals surface area contributed by atoms with E-state index in [-0.39, 0.29) is 13.2 Å². The Bertz CT molecular complexity index is 898. The van der Waals surface area contributed by atoms with E-state index in [1.165, 1.54) is 0 Å². The number of rotatable bonds is 8. The third kappa shape index (κ3) is 4.78. The van der Waals surface area contributed by atoms with Crippen LogP contribution in [0.5, 0.6) is 0 Å². The fraction of sp³-hybridized carbons (Fsp3) is 0.167. The van der Waals surface area contributed by atoms with Crippen LogP contribution in [0.2, 0.25) is 0 Å². The van der Waals surface area contributed by atoms with Gasteiger partial charge in [0.15, 0.2) is 4.96 Å². The molecule has 26 heavy (non-hydrogen) atoms. The molecular formula is C18H16N2O5S. The van der Waals surface area contributed by atoms with Crippen LogP contribution in [0.3, 0.4) is 0 Å². The van der Waals surface area contributed by atoms with Crippen molar-refractivity contribution in [3.8, 4) is 10.4 Å². The molecule has 134 valence electrons. The van der Waals surface area contributed by atoms with E-state index in [0.29, 0.717) is 6.61 Å². The highest BCUT2D eigenvalue weighted by atomic mass is 32.1. The van der Waals surface area contributed by atoms with E-state index in [2.05, 4.69) is 17.1 Å². The molecule has 0 saturated carbocycles. The maximum absolute atomic E-state index is 11.2. The highest BCUT2D eigenvalue weighted by Crippen LogP contribution is 2.28. The van der Waals surface area contributed by atoms with E-state index in [4.69, 9.17) is 14.6 Å². The first kappa shape index (κ1) is 17.8. The van der Waals surface area contributed by atoms with Gasteiger partial charge in [0.05, 0.1) is 23.8 Å². The molecule has 0 aliphatic carbocycles. The van der Waals surface area contributed by atoms with Gasteiger partial charge in [0.25, 0.3) is 0 Å². The van der Waals surface area contributed by atoms with Crippen LogP contribution in [0, 0.1) is 0 Å². The number of hydrogen-bond donors (Lipinski definition) is 1. The number of thiazole rings is 1. The van der Waals surface area contributed by atoms with Gasteiger partial charge < -0.3 is 14.6 Å². The van der Waals surface area contributed by atoms with Gasteiger partial charge in [-0.25, -0.2) is 14.6 Å². The molecule has 0 aliphatic rings. The number of ether oxygens (including phenoxy) is 2. The average molecular weight is 372 g/mol. The summed E-state index contributed by atoms with van der Waals surface area (Å²) in [4.78, 5) is 28.0. The zero-order valence-corrected chi connectivity index (χ0v) is 14.5. The van der Waals surface area contributed by atoms with Crippen molar-refractivity contribution in [2.24, 2.45) is 0 Å². The number of nitrogens with zero attached hydrogens (tertiary/aromatic N) is 2. The van der Waals surface area contributed by atoms with Crippen molar-refractivity contribution >= 4 is 28.2 Å². The first-order valence-corrected chi connectivity index (χ1v) is 8.62. The Labute approximate surface area is 153 Å². The van der Waals surface area contributed by atoms with Gasteiger partial charge >= 0.3 is 11.9 Å². The Morgan fingerprint density at radius 2 is 1.96 bits per heavy atom. The predicted molar refractivity (Wildman–Crippen MR) is 95.9 cm³/mol. The number of carboxylic acid groups (broad SMARTS) is 1. The van der Waals surface area contributed by atoms with E-state index in [1.54, 1.807) is 11.3 Å². The topological polar surface area (TPSA) is 90.1 Å². The standard InChI is InChI=1S/C18H16N2O5S/c21-16(22)6-7-17(23)25-9-8-24-12-14-10-20-11-15(26-18(20)19-14)13-4-2-1-3-5-13/h1-7,10-11H,8-9,12H2,(H,21,22)/b7-6-. The maximum Gasteiger partial charge on any atom is 0.331 e. The monoisotopic (exact) mass is 372 g/mol. The number of imidazole rings is 1. The molecule has 0 radical (unpaired) electrons. The summed E-state index contributed by atoms with van der Waals surface area (Å²) in [6.07, 6.45) is 5.52. The number of esters is 1. The highest BCUT2D eigenvalue weighted by molar-refractivity contribution is 7.20. The van der Waals surface area contributed by atoms with E-state index >= 15 is 0 Å². The van der Waals surface area contributed by atoms with E-state index in [0.717, 1.165) is 33.2 Å². The molecule has 7 nitrogen and oxygen atoms in total. The minimum absolute atomic E-state index is 0.0448. The Hall–Kier alpha value is -2.97. The number of aromatic nitrogens is 2. The van der Waals surface area contributed by atoms with Crippen molar-refractivity contribution in [1.82, 2.24) is 9.38 Å². The number of hydrogen-bond acceptors (Lipinski definition) is 6. The Kier molecular flexibility index (Phi) is 5.77. The maximum atomic E-state index is 11.2. The van der Waals surface area contributed by atoms with Crippen LogP contribution in [0.1, 0.15) is 5.69 Å². The van der Waals surface area contributed by atoms with Crippen LogP contribution in [-0.4, -0.2) is 39.6 Å². The van der Waals surface area contributed by atoms with Gasteiger partial charge in [0, 0.05) is 24.5 Å². The summed E-state index contributed by atoms with van der Waals surface area (Å²) in [5, 5.41) is 8.39. The number of carbonyl (C=O) groups excluding carboxylic acids is 1. The van der Waals surface area contributed by atoms with Crippen molar-refractivity contribution < 1.29 is 24.2 Å². The molecule has 0 amide bonds. The van der Waals surface area contributed by atoms with Gasteiger partial charge in [-0.3, -0.25) is 4.40 Å². The third-order valence-corrected chi connectivity index (χ3v) is 4.39. The largest absolute Gasteiger partial charge is 0.478 e. The molecule has 1 N–H and O–H groups in total. The molecule has 0 atom stereocenters. The summed E-state index contributed by atoms with van der Waals surface area (Å²) in [5.74, 6) is -1.92.